The fourth-order valence-electron chi connectivity index (χ4n) is 2.29. The molecule has 0 aliphatic heterocycles. The van der Waals surface area contributed by atoms with Crippen molar-refractivity contribution in [3.05, 3.63) is 35.4 Å². The Morgan fingerprint density at radius 3 is 2.58 bits per heavy atom. The average Bonchev–Trinajstić information content (AvgIpc) is 2.60. The van der Waals surface area contributed by atoms with Gasteiger partial charge in [-0.15, -0.1) is 0 Å². The van der Waals surface area contributed by atoms with Gasteiger partial charge in [0.15, 0.2) is 5.96 Å². The largest absolute Gasteiger partial charge is 0.381 e. The Hall–Kier alpha value is -1.59. The second kappa shape index (κ2) is 13.6. The van der Waals surface area contributed by atoms with Crippen molar-refractivity contribution >= 4 is 5.96 Å². The molecular formula is C21H37N3O2. The third-order valence-corrected chi connectivity index (χ3v) is 3.55. The minimum atomic E-state index is 0.241. The highest BCUT2D eigenvalue weighted by Crippen LogP contribution is 2.09. The quantitative estimate of drug-likeness (QED) is 0.337. The van der Waals surface area contributed by atoms with E-state index in [1.807, 2.05) is 0 Å². The van der Waals surface area contributed by atoms with E-state index >= 15 is 0 Å². The zero-order valence-corrected chi connectivity index (χ0v) is 17.2. The summed E-state index contributed by atoms with van der Waals surface area (Å²) in [6, 6.07) is 8.42. The van der Waals surface area contributed by atoms with Crippen molar-refractivity contribution in [2.75, 3.05) is 26.3 Å². The van der Waals surface area contributed by atoms with Gasteiger partial charge in [-0.25, -0.2) is 4.99 Å². The smallest absolute Gasteiger partial charge is 0.191 e. The van der Waals surface area contributed by atoms with Crippen molar-refractivity contribution in [1.29, 1.82) is 0 Å². The Kier molecular flexibility index (Phi) is 11.7. The Bertz CT molecular complexity index is 516. The van der Waals surface area contributed by atoms with Crippen LogP contribution in [0.1, 0.15) is 52.2 Å². The van der Waals surface area contributed by atoms with Crippen molar-refractivity contribution in [2.24, 2.45) is 10.9 Å². The normalized spacial score (nSPS) is 12.0. The standard InChI is InChI=1S/C21H37N3O2/c1-6-22-21(23-11-8-12-25-15-17(2)3)24-14-19-9-7-10-20(13-19)16-26-18(4)5/h7,9-10,13,17-18H,6,8,11-12,14-16H2,1-5H3,(H2,22,23,24). The summed E-state index contributed by atoms with van der Waals surface area (Å²) in [6.45, 7) is 15.1. The van der Waals surface area contributed by atoms with Crippen molar-refractivity contribution in [3.63, 3.8) is 0 Å². The lowest BCUT2D eigenvalue weighted by Crippen LogP contribution is -2.38. The number of ether oxygens (including phenoxy) is 2. The molecule has 1 aromatic carbocycles. The molecule has 0 aromatic heterocycles. The highest BCUT2D eigenvalue weighted by Gasteiger charge is 2.01. The van der Waals surface area contributed by atoms with Gasteiger partial charge in [0.2, 0.25) is 0 Å². The molecular weight excluding hydrogens is 326 g/mol. The summed E-state index contributed by atoms with van der Waals surface area (Å²) in [7, 11) is 0. The summed E-state index contributed by atoms with van der Waals surface area (Å²) in [6.07, 6.45) is 1.21. The molecule has 0 fully saturated rings. The summed E-state index contributed by atoms with van der Waals surface area (Å²) in [5, 5.41) is 6.66. The number of nitrogens with one attached hydrogen (secondary N) is 2. The maximum atomic E-state index is 5.67. The Balaban J connectivity index is 2.43. The second-order valence-electron chi connectivity index (χ2n) is 7.12. The van der Waals surface area contributed by atoms with Gasteiger partial charge in [0.25, 0.3) is 0 Å². The fraction of sp³-hybridized carbons (Fsp3) is 0.667. The number of nitrogens with zero attached hydrogens (tertiary/aromatic N) is 1. The van der Waals surface area contributed by atoms with Crippen LogP contribution in [0, 0.1) is 5.92 Å². The van der Waals surface area contributed by atoms with E-state index in [9.17, 15) is 0 Å². The molecule has 148 valence electrons. The van der Waals surface area contributed by atoms with E-state index in [0.29, 0.717) is 19.1 Å². The van der Waals surface area contributed by atoms with Gasteiger partial charge in [-0.2, -0.15) is 0 Å². The van der Waals surface area contributed by atoms with Gasteiger partial charge in [0.1, 0.15) is 0 Å². The molecule has 1 aromatic rings. The van der Waals surface area contributed by atoms with E-state index < -0.39 is 0 Å². The molecule has 0 radical (unpaired) electrons. The Morgan fingerprint density at radius 2 is 1.88 bits per heavy atom. The molecule has 1 rings (SSSR count). The molecule has 0 unspecified atom stereocenters. The molecule has 0 heterocycles. The Morgan fingerprint density at radius 1 is 1.12 bits per heavy atom. The van der Waals surface area contributed by atoms with Crippen molar-refractivity contribution < 1.29 is 9.47 Å². The van der Waals surface area contributed by atoms with E-state index in [1.54, 1.807) is 0 Å². The molecule has 0 aliphatic rings. The first-order valence-corrected chi connectivity index (χ1v) is 9.80. The number of guanidine groups is 1. The molecule has 0 saturated heterocycles. The van der Waals surface area contributed by atoms with Crippen molar-refractivity contribution in [1.82, 2.24) is 10.6 Å². The lowest BCUT2D eigenvalue weighted by atomic mass is 10.1. The minimum absolute atomic E-state index is 0.241. The monoisotopic (exact) mass is 363 g/mol. The van der Waals surface area contributed by atoms with Crippen LogP contribution < -0.4 is 10.6 Å². The van der Waals surface area contributed by atoms with Gasteiger partial charge in [0, 0.05) is 26.3 Å². The van der Waals surface area contributed by atoms with E-state index in [-0.39, 0.29) is 6.10 Å². The lowest BCUT2D eigenvalue weighted by Gasteiger charge is -2.12. The van der Waals surface area contributed by atoms with Gasteiger partial charge < -0.3 is 20.1 Å². The summed E-state index contributed by atoms with van der Waals surface area (Å²) in [5.74, 6) is 1.43. The molecule has 0 atom stereocenters. The first-order valence-electron chi connectivity index (χ1n) is 9.80. The molecule has 2 N–H and O–H groups in total. The SMILES string of the molecule is CCNC(=NCc1cccc(COC(C)C)c1)NCCCOCC(C)C. The summed E-state index contributed by atoms with van der Waals surface area (Å²) in [5.41, 5.74) is 2.37. The number of rotatable bonds is 12. The molecule has 0 spiro atoms. The Labute approximate surface area is 159 Å². The highest BCUT2D eigenvalue weighted by atomic mass is 16.5. The molecule has 26 heavy (non-hydrogen) atoms. The summed E-state index contributed by atoms with van der Waals surface area (Å²) < 4.78 is 11.3. The predicted octanol–water partition coefficient (Wildman–Crippen LogP) is 3.73. The van der Waals surface area contributed by atoms with Crippen LogP contribution in [0.2, 0.25) is 0 Å². The molecule has 0 amide bonds. The molecule has 5 heteroatoms. The predicted molar refractivity (Wildman–Crippen MR) is 109 cm³/mol. The summed E-state index contributed by atoms with van der Waals surface area (Å²) in [4.78, 5) is 4.68. The molecule has 0 bridgehead atoms. The number of aliphatic imine (C=N–C) groups is 1. The van der Waals surface area contributed by atoms with Gasteiger partial charge in [-0.05, 0) is 44.2 Å². The van der Waals surface area contributed by atoms with Crippen LogP contribution in [-0.4, -0.2) is 38.4 Å². The first-order chi connectivity index (χ1) is 12.5. The zero-order chi connectivity index (χ0) is 19.2. The van der Waals surface area contributed by atoms with Crippen LogP contribution in [0.25, 0.3) is 0 Å². The second-order valence-corrected chi connectivity index (χ2v) is 7.12. The minimum Gasteiger partial charge on any atom is -0.381 e. The number of hydrogen-bond donors (Lipinski definition) is 2. The van der Waals surface area contributed by atoms with E-state index in [0.717, 1.165) is 38.7 Å². The lowest BCUT2D eigenvalue weighted by molar-refractivity contribution is 0.0657. The van der Waals surface area contributed by atoms with Gasteiger partial charge >= 0.3 is 0 Å². The maximum absolute atomic E-state index is 5.67. The molecule has 0 aliphatic carbocycles. The van der Waals surface area contributed by atoms with Crippen molar-refractivity contribution in [3.8, 4) is 0 Å². The van der Waals surface area contributed by atoms with Gasteiger partial charge in [-0.1, -0.05) is 38.1 Å². The number of benzene rings is 1. The third kappa shape index (κ3) is 11.1. The van der Waals surface area contributed by atoms with Gasteiger partial charge in [0.05, 0.1) is 19.3 Å². The van der Waals surface area contributed by atoms with Gasteiger partial charge in [-0.3, -0.25) is 0 Å². The maximum Gasteiger partial charge on any atom is 0.191 e. The molecule has 0 saturated carbocycles. The van der Waals surface area contributed by atoms with Crippen LogP contribution in [-0.2, 0) is 22.6 Å². The van der Waals surface area contributed by atoms with Crippen molar-refractivity contribution in [2.45, 2.75) is 60.3 Å². The summed E-state index contributed by atoms with van der Waals surface area (Å²) >= 11 is 0. The van der Waals surface area contributed by atoms with Crippen LogP contribution in [0.3, 0.4) is 0 Å². The van der Waals surface area contributed by atoms with E-state index in [2.05, 4.69) is 74.5 Å². The highest BCUT2D eigenvalue weighted by molar-refractivity contribution is 5.79. The topological polar surface area (TPSA) is 54.9 Å². The van der Waals surface area contributed by atoms with Crippen LogP contribution in [0.4, 0.5) is 0 Å². The van der Waals surface area contributed by atoms with Crippen LogP contribution >= 0.6 is 0 Å². The number of hydrogen-bond acceptors (Lipinski definition) is 3. The third-order valence-electron chi connectivity index (χ3n) is 3.55. The van der Waals surface area contributed by atoms with Crippen LogP contribution in [0.5, 0.6) is 0 Å². The molecule has 5 nitrogen and oxygen atoms in total. The zero-order valence-electron chi connectivity index (χ0n) is 17.2. The van der Waals surface area contributed by atoms with E-state index in [1.165, 1.54) is 11.1 Å². The fourth-order valence-corrected chi connectivity index (χ4v) is 2.29. The van der Waals surface area contributed by atoms with E-state index in [4.69, 9.17) is 9.47 Å². The van der Waals surface area contributed by atoms with Crippen LogP contribution in [0.15, 0.2) is 29.3 Å². The average molecular weight is 364 g/mol. The first kappa shape index (κ1) is 22.5.